The van der Waals surface area contributed by atoms with E-state index in [9.17, 15) is 9.90 Å². The number of Topliss-reactive ketones (excluding diaryl/α,β-unsaturated/α-hetero) is 1. The number of aryl methyl sites for hydroxylation is 2. The van der Waals surface area contributed by atoms with Crippen LogP contribution in [0.15, 0.2) is 36.4 Å². The van der Waals surface area contributed by atoms with E-state index in [4.69, 9.17) is 0 Å². The second-order valence-corrected chi connectivity index (χ2v) is 9.17. The maximum absolute atomic E-state index is 12.6. The lowest BCUT2D eigenvalue weighted by atomic mass is 9.70. The molecule has 1 N–H and O–H groups in total. The zero-order valence-electron chi connectivity index (χ0n) is 19.1. The summed E-state index contributed by atoms with van der Waals surface area (Å²) in [6.07, 6.45) is 6.11. The van der Waals surface area contributed by atoms with Crippen molar-refractivity contribution in [1.29, 1.82) is 0 Å². The van der Waals surface area contributed by atoms with Crippen LogP contribution in [-0.4, -0.2) is 10.9 Å². The van der Waals surface area contributed by atoms with Crippen LogP contribution >= 0.6 is 0 Å². The van der Waals surface area contributed by atoms with Crippen LogP contribution in [0.5, 0.6) is 5.75 Å². The molecule has 2 nitrogen and oxygen atoms in total. The van der Waals surface area contributed by atoms with Crippen LogP contribution < -0.4 is 0 Å². The van der Waals surface area contributed by atoms with Crippen molar-refractivity contribution in [2.75, 3.05) is 0 Å². The number of hydrogen-bond acceptors (Lipinski definition) is 2. The number of carbonyl (C=O) groups is 1. The summed E-state index contributed by atoms with van der Waals surface area (Å²) in [6.45, 7) is 10.5. The van der Waals surface area contributed by atoms with Crippen LogP contribution in [0.2, 0.25) is 0 Å². The fourth-order valence-electron chi connectivity index (χ4n) is 4.95. The fraction of sp³-hybridized carbons (Fsp3) is 0.464. The van der Waals surface area contributed by atoms with Crippen molar-refractivity contribution >= 4 is 5.78 Å². The average molecular weight is 403 g/mol. The number of carbonyl (C=O) groups excluding carboxylic acids is 1. The van der Waals surface area contributed by atoms with Crippen LogP contribution in [0.3, 0.4) is 0 Å². The molecule has 0 saturated heterocycles. The Balaban J connectivity index is 1.95. The number of phenols is 1. The average Bonchev–Trinajstić information content (AvgIpc) is 3.19. The van der Waals surface area contributed by atoms with E-state index >= 15 is 0 Å². The Kier molecular flexibility index (Phi) is 6.41. The highest BCUT2D eigenvalue weighted by Gasteiger charge is 2.35. The number of aromatic hydroxyl groups is 1. The Hall–Kier alpha value is -2.53. The molecule has 2 aromatic carbocycles. The van der Waals surface area contributed by atoms with Gasteiger partial charge in [-0.25, -0.2) is 0 Å². The van der Waals surface area contributed by atoms with Gasteiger partial charge in [-0.15, -0.1) is 0 Å². The summed E-state index contributed by atoms with van der Waals surface area (Å²) in [5, 5.41) is 9.96. The third-order valence-electron chi connectivity index (χ3n) is 7.30. The smallest absolute Gasteiger partial charge is 0.211 e. The fourth-order valence-corrected chi connectivity index (χ4v) is 4.95. The van der Waals surface area contributed by atoms with Gasteiger partial charge >= 0.3 is 0 Å². The first-order valence-electron chi connectivity index (χ1n) is 11.2. The van der Waals surface area contributed by atoms with Crippen LogP contribution in [0.1, 0.15) is 87.1 Å². The molecule has 0 atom stereocenters. The highest BCUT2D eigenvalue weighted by atomic mass is 16.3. The molecular weight excluding hydrogens is 368 g/mol. The van der Waals surface area contributed by atoms with E-state index in [-0.39, 0.29) is 16.6 Å². The molecule has 0 aliphatic heterocycles. The van der Waals surface area contributed by atoms with Gasteiger partial charge in [-0.1, -0.05) is 63.8 Å². The number of benzene rings is 2. The van der Waals surface area contributed by atoms with Gasteiger partial charge in [-0.3, -0.25) is 4.79 Å². The zero-order valence-corrected chi connectivity index (χ0v) is 19.1. The standard InChI is InChI=1S/C28H34O2/c1-6-28(7-2,24-13-14-25(29)21(4)19-24)23-12-10-22(20(3)18-23)11-15-26(30)27(5)16-8-9-17-27/h10,12-14,18-19,29H,6-9,16-17H2,1-5H3. The molecular formula is C28H34O2. The van der Waals surface area contributed by atoms with E-state index in [2.05, 4.69) is 63.8 Å². The molecule has 0 heterocycles. The maximum atomic E-state index is 12.6. The van der Waals surface area contributed by atoms with Gasteiger partial charge in [0.25, 0.3) is 0 Å². The SMILES string of the molecule is CCC(CC)(c1ccc(O)c(C)c1)c1ccc(C#CC(=O)C2(C)CCCC2)c(C)c1. The molecule has 0 radical (unpaired) electrons. The van der Waals surface area contributed by atoms with Gasteiger partial charge < -0.3 is 5.11 Å². The Morgan fingerprint density at radius 1 is 1.00 bits per heavy atom. The summed E-state index contributed by atoms with van der Waals surface area (Å²) < 4.78 is 0. The molecule has 0 spiro atoms. The lowest BCUT2D eigenvalue weighted by Gasteiger charge is -2.34. The highest BCUT2D eigenvalue weighted by molar-refractivity contribution is 6.00. The first-order valence-corrected chi connectivity index (χ1v) is 11.2. The summed E-state index contributed by atoms with van der Waals surface area (Å²) >= 11 is 0. The summed E-state index contributed by atoms with van der Waals surface area (Å²) in [7, 11) is 0. The van der Waals surface area contributed by atoms with Crippen molar-refractivity contribution in [3.05, 3.63) is 64.2 Å². The van der Waals surface area contributed by atoms with Gasteiger partial charge in [0, 0.05) is 16.4 Å². The third kappa shape index (κ3) is 4.04. The van der Waals surface area contributed by atoms with Crippen LogP contribution in [0.25, 0.3) is 0 Å². The topological polar surface area (TPSA) is 37.3 Å². The maximum Gasteiger partial charge on any atom is 0.211 e. The molecule has 0 bridgehead atoms. The van der Waals surface area contributed by atoms with E-state index < -0.39 is 0 Å². The summed E-state index contributed by atoms with van der Waals surface area (Å²) in [5.41, 5.74) is 5.05. The Bertz CT molecular complexity index is 993. The van der Waals surface area contributed by atoms with Crippen LogP contribution in [0, 0.1) is 31.1 Å². The van der Waals surface area contributed by atoms with E-state index in [1.54, 1.807) is 6.07 Å². The van der Waals surface area contributed by atoms with Crippen LogP contribution in [0.4, 0.5) is 0 Å². The molecule has 0 amide bonds. The van der Waals surface area contributed by atoms with E-state index in [0.29, 0.717) is 5.75 Å². The molecule has 2 aromatic rings. The molecule has 2 heteroatoms. The zero-order chi connectivity index (χ0) is 21.9. The first kappa shape index (κ1) is 22.2. The second kappa shape index (κ2) is 8.68. The van der Waals surface area contributed by atoms with E-state index in [0.717, 1.165) is 55.2 Å². The van der Waals surface area contributed by atoms with Crippen molar-refractivity contribution in [2.24, 2.45) is 5.41 Å². The molecule has 0 unspecified atom stereocenters. The molecule has 0 aromatic heterocycles. The lowest BCUT2D eigenvalue weighted by Crippen LogP contribution is -2.26. The minimum Gasteiger partial charge on any atom is -0.508 e. The summed E-state index contributed by atoms with van der Waals surface area (Å²) in [5.74, 6) is 6.51. The van der Waals surface area contributed by atoms with Crippen LogP contribution in [-0.2, 0) is 10.2 Å². The summed E-state index contributed by atoms with van der Waals surface area (Å²) in [6, 6.07) is 12.4. The van der Waals surface area contributed by atoms with Gasteiger partial charge in [-0.05, 0) is 79.8 Å². The van der Waals surface area contributed by atoms with Crippen molar-refractivity contribution in [3.8, 4) is 17.6 Å². The monoisotopic (exact) mass is 402 g/mol. The predicted octanol–water partition coefficient (Wildman–Crippen LogP) is 6.62. The number of ketones is 1. The Morgan fingerprint density at radius 2 is 1.57 bits per heavy atom. The number of phenolic OH excluding ortho intramolecular Hbond substituents is 1. The third-order valence-corrected chi connectivity index (χ3v) is 7.30. The van der Waals surface area contributed by atoms with Gasteiger partial charge in [-0.2, -0.15) is 0 Å². The molecule has 158 valence electrons. The van der Waals surface area contributed by atoms with E-state index in [1.165, 1.54) is 11.1 Å². The Labute approximate surface area is 181 Å². The lowest BCUT2D eigenvalue weighted by molar-refractivity contribution is -0.121. The summed E-state index contributed by atoms with van der Waals surface area (Å²) in [4.78, 5) is 12.6. The number of hydrogen-bond donors (Lipinski definition) is 1. The quantitative estimate of drug-likeness (QED) is 0.571. The first-order chi connectivity index (χ1) is 14.3. The van der Waals surface area contributed by atoms with Gasteiger partial charge in [0.2, 0.25) is 5.78 Å². The van der Waals surface area contributed by atoms with Gasteiger partial charge in [0.15, 0.2) is 0 Å². The highest BCUT2D eigenvalue weighted by Crippen LogP contribution is 2.41. The van der Waals surface area contributed by atoms with Crippen molar-refractivity contribution in [2.45, 2.75) is 78.6 Å². The number of rotatable bonds is 5. The van der Waals surface area contributed by atoms with Gasteiger partial charge in [0.1, 0.15) is 5.75 Å². The largest absolute Gasteiger partial charge is 0.508 e. The molecule has 1 aliphatic rings. The molecule has 3 rings (SSSR count). The molecule has 1 aliphatic carbocycles. The normalized spacial score (nSPS) is 15.5. The molecule has 1 saturated carbocycles. The van der Waals surface area contributed by atoms with E-state index in [1.807, 2.05) is 13.0 Å². The van der Waals surface area contributed by atoms with Crippen molar-refractivity contribution in [1.82, 2.24) is 0 Å². The van der Waals surface area contributed by atoms with Gasteiger partial charge in [0.05, 0.1) is 0 Å². The van der Waals surface area contributed by atoms with Crippen molar-refractivity contribution < 1.29 is 9.90 Å². The Morgan fingerprint density at radius 3 is 2.10 bits per heavy atom. The minimum absolute atomic E-state index is 0.0829. The molecule has 1 fully saturated rings. The minimum atomic E-state index is -0.253. The second-order valence-electron chi connectivity index (χ2n) is 9.17. The van der Waals surface area contributed by atoms with Crippen molar-refractivity contribution in [3.63, 3.8) is 0 Å². The predicted molar refractivity (Wildman–Crippen MR) is 124 cm³/mol. The molecule has 30 heavy (non-hydrogen) atoms.